The molecular weight excluding hydrogens is 488 g/mol. The van der Waals surface area contributed by atoms with Gasteiger partial charge in [0.15, 0.2) is 6.29 Å². The number of aldehydes is 1. The van der Waals surface area contributed by atoms with Crippen molar-refractivity contribution in [2.45, 2.75) is 64.7 Å². The Hall–Kier alpha value is -4.29. The third-order valence-electron chi connectivity index (χ3n) is 5.22. The number of phenolic OH excluding ortho intramolecular Hbond substituents is 1. The molecule has 0 heterocycles. The smallest absolute Gasteiger partial charge is 0.305 e. The normalized spacial score (nSPS) is 13.9. The number of carbonyl (C=O) groups excluding carboxylic acids is 6. The number of Topliss-reactive ketones (excluding diaryl/α,β-unsaturated/α-hetero) is 1. The van der Waals surface area contributed by atoms with Crippen molar-refractivity contribution < 1.29 is 43.8 Å². The number of hydrogen-bond acceptors (Lipinski definition) is 8. The third-order valence-corrected chi connectivity index (χ3v) is 5.22. The van der Waals surface area contributed by atoms with Crippen LogP contribution in [-0.2, 0) is 40.0 Å². The number of carboxylic acids is 1. The maximum atomic E-state index is 13.0. The number of amides is 4. The number of ketones is 1. The molecule has 1 aromatic carbocycles. The summed E-state index contributed by atoms with van der Waals surface area (Å²) in [5, 5.41) is 27.9. The van der Waals surface area contributed by atoms with Crippen LogP contribution in [0.3, 0.4) is 0 Å². The van der Waals surface area contributed by atoms with Gasteiger partial charge in [-0.1, -0.05) is 26.0 Å². The lowest BCUT2D eigenvalue weighted by Gasteiger charge is -2.26. The summed E-state index contributed by atoms with van der Waals surface area (Å²) in [7, 11) is 0. The second-order valence-corrected chi connectivity index (χ2v) is 8.76. The van der Waals surface area contributed by atoms with Crippen molar-refractivity contribution in [3.05, 3.63) is 29.8 Å². The average Bonchev–Trinajstić information content (AvgIpc) is 2.81. The van der Waals surface area contributed by atoms with Crippen LogP contribution in [0.15, 0.2) is 24.3 Å². The predicted molar refractivity (Wildman–Crippen MR) is 129 cm³/mol. The Morgan fingerprint density at radius 2 is 1.43 bits per heavy atom. The van der Waals surface area contributed by atoms with Crippen LogP contribution in [0, 0.1) is 5.92 Å². The van der Waals surface area contributed by atoms with Crippen molar-refractivity contribution in [3.8, 4) is 5.75 Å². The lowest BCUT2D eigenvalue weighted by atomic mass is 10.0. The van der Waals surface area contributed by atoms with Crippen molar-refractivity contribution >= 4 is 41.7 Å². The number of carboxylic acid groups (broad SMARTS) is 1. The van der Waals surface area contributed by atoms with E-state index in [9.17, 15) is 38.7 Å². The standard InChI is InChI=1S/C24H32N4O9/c1-12(2)21(24(37)25-13(3)22(35)27-17(10-20(33)34)19(32)11-29)28-23(36)18(26-14(4)30)9-15-5-7-16(31)8-6-15/h5-8,11-13,17-18,21,31H,9-10H2,1-4H3,(H,25,37)(H,26,30)(H,27,35)(H,28,36)(H,33,34)/t13-,17-,18-,21-/m0/s1. The van der Waals surface area contributed by atoms with E-state index in [4.69, 9.17) is 5.11 Å². The maximum Gasteiger partial charge on any atom is 0.305 e. The molecule has 0 fully saturated rings. The minimum absolute atomic E-state index is 0.0313. The summed E-state index contributed by atoms with van der Waals surface area (Å²) in [6.07, 6.45) is -0.849. The zero-order chi connectivity index (χ0) is 28.3. The molecule has 37 heavy (non-hydrogen) atoms. The Bertz CT molecular complexity index is 1020. The van der Waals surface area contributed by atoms with Crippen LogP contribution in [0.5, 0.6) is 5.75 Å². The molecular formula is C24H32N4O9. The quantitative estimate of drug-likeness (QED) is 0.129. The van der Waals surface area contributed by atoms with E-state index >= 15 is 0 Å². The number of aromatic hydroxyl groups is 1. The van der Waals surface area contributed by atoms with E-state index in [1.807, 2.05) is 0 Å². The molecule has 6 N–H and O–H groups in total. The van der Waals surface area contributed by atoms with Crippen LogP contribution < -0.4 is 21.3 Å². The van der Waals surface area contributed by atoms with Crippen molar-refractivity contribution in [2.24, 2.45) is 5.92 Å². The molecule has 1 rings (SSSR count). The molecule has 1 aromatic rings. The summed E-state index contributed by atoms with van der Waals surface area (Å²) in [6.45, 7) is 5.81. The van der Waals surface area contributed by atoms with Crippen molar-refractivity contribution in [3.63, 3.8) is 0 Å². The molecule has 4 atom stereocenters. The van der Waals surface area contributed by atoms with Gasteiger partial charge in [-0.05, 0) is 30.5 Å². The van der Waals surface area contributed by atoms with Gasteiger partial charge in [-0.15, -0.1) is 0 Å². The molecule has 4 amide bonds. The highest BCUT2D eigenvalue weighted by molar-refractivity contribution is 6.28. The first-order valence-corrected chi connectivity index (χ1v) is 11.4. The monoisotopic (exact) mass is 520 g/mol. The molecule has 0 aliphatic heterocycles. The summed E-state index contributed by atoms with van der Waals surface area (Å²) >= 11 is 0. The Balaban J connectivity index is 2.93. The van der Waals surface area contributed by atoms with Crippen LogP contribution >= 0.6 is 0 Å². The molecule has 0 saturated carbocycles. The number of rotatable bonds is 14. The van der Waals surface area contributed by atoms with Crippen LogP contribution in [-0.4, -0.2) is 76.0 Å². The largest absolute Gasteiger partial charge is 0.508 e. The molecule has 0 radical (unpaired) electrons. The van der Waals surface area contributed by atoms with Crippen molar-refractivity contribution in [1.82, 2.24) is 21.3 Å². The minimum Gasteiger partial charge on any atom is -0.508 e. The van der Waals surface area contributed by atoms with Gasteiger partial charge in [0.1, 0.15) is 29.9 Å². The van der Waals surface area contributed by atoms with Crippen LogP contribution in [0.25, 0.3) is 0 Å². The SMILES string of the molecule is CC(=O)N[C@@H](Cc1ccc(O)cc1)C(=O)N[C@H](C(=O)N[C@@H](C)C(=O)N[C@@H](CC(=O)O)C(=O)C=O)C(C)C. The Kier molecular flexibility index (Phi) is 11.9. The van der Waals surface area contributed by atoms with Gasteiger partial charge in [-0.2, -0.15) is 0 Å². The van der Waals surface area contributed by atoms with Gasteiger partial charge in [-0.25, -0.2) is 0 Å². The second kappa shape index (κ2) is 14.3. The number of nitrogens with one attached hydrogen (secondary N) is 4. The summed E-state index contributed by atoms with van der Waals surface area (Å²) in [4.78, 5) is 83.2. The molecule has 202 valence electrons. The fraction of sp³-hybridized carbons (Fsp3) is 0.458. The number of benzene rings is 1. The van der Waals surface area contributed by atoms with E-state index < -0.39 is 71.9 Å². The first-order chi connectivity index (χ1) is 17.2. The van der Waals surface area contributed by atoms with Gasteiger partial charge in [0.2, 0.25) is 29.4 Å². The Morgan fingerprint density at radius 3 is 1.92 bits per heavy atom. The van der Waals surface area contributed by atoms with Gasteiger partial charge in [-0.3, -0.25) is 33.6 Å². The molecule has 0 aliphatic carbocycles. The predicted octanol–water partition coefficient (Wildman–Crippen LogP) is -1.19. The lowest BCUT2D eigenvalue weighted by Crippen LogP contribution is -2.58. The number of carbonyl (C=O) groups is 7. The topological polar surface area (TPSA) is 208 Å². The van der Waals surface area contributed by atoms with Gasteiger partial charge in [0.25, 0.3) is 0 Å². The zero-order valence-corrected chi connectivity index (χ0v) is 20.9. The highest BCUT2D eigenvalue weighted by Gasteiger charge is 2.31. The summed E-state index contributed by atoms with van der Waals surface area (Å²) in [5.74, 6) is -5.75. The maximum absolute atomic E-state index is 13.0. The first-order valence-electron chi connectivity index (χ1n) is 11.4. The fourth-order valence-electron chi connectivity index (χ4n) is 3.26. The Morgan fingerprint density at radius 1 is 0.838 bits per heavy atom. The summed E-state index contributed by atoms with van der Waals surface area (Å²) in [6, 6.07) is 1.02. The number of hydrogen-bond donors (Lipinski definition) is 6. The average molecular weight is 521 g/mol. The molecule has 0 aliphatic rings. The van der Waals surface area contributed by atoms with Gasteiger partial charge in [0, 0.05) is 13.3 Å². The van der Waals surface area contributed by atoms with Crippen LogP contribution in [0.4, 0.5) is 0 Å². The first kappa shape index (κ1) is 30.7. The summed E-state index contributed by atoms with van der Waals surface area (Å²) in [5.41, 5.74) is 0.642. The van der Waals surface area contributed by atoms with E-state index in [2.05, 4.69) is 21.3 Å². The van der Waals surface area contributed by atoms with E-state index in [1.54, 1.807) is 26.0 Å². The van der Waals surface area contributed by atoms with E-state index in [0.717, 1.165) is 0 Å². The van der Waals surface area contributed by atoms with Gasteiger partial charge in [0.05, 0.1) is 6.42 Å². The number of phenols is 1. The zero-order valence-electron chi connectivity index (χ0n) is 20.9. The molecule has 0 aromatic heterocycles. The Labute approximate surface area is 213 Å². The van der Waals surface area contributed by atoms with Crippen molar-refractivity contribution in [2.75, 3.05) is 0 Å². The van der Waals surface area contributed by atoms with Gasteiger partial charge >= 0.3 is 5.97 Å². The summed E-state index contributed by atoms with van der Waals surface area (Å²) < 4.78 is 0. The number of aliphatic carboxylic acids is 1. The highest BCUT2D eigenvalue weighted by Crippen LogP contribution is 2.12. The van der Waals surface area contributed by atoms with Crippen LogP contribution in [0.2, 0.25) is 0 Å². The molecule has 0 saturated heterocycles. The van der Waals surface area contributed by atoms with E-state index in [-0.39, 0.29) is 18.5 Å². The molecule has 13 heteroatoms. The molecule has 0 bridgehead atoms. The minimum atomic E-state index is -1.60. The molecule has 0 unspecified atom stereocenters. The fourth-order valence-corrected chi connectivity index (χ4v) is 3.26. The lowest BCUT2D eigenvalue weighted by molar-refractivity contribution is -0.141. The van der Waals surface area contributed by atoms with Crippen LogP contribution in [0.1, 0.15) is 39.7 Å². The highest BCUT2D eigenvalue weighted by atomic mass is 16.4. The van der Waals surface area contributed by atoms with Crippen molar-refractivity contribution in [1.29, 1.82) is 0 Å². The third kappa shape index (κ3) is 10.5. The van der Waals surface area contributed by atoms with Gasteiger partial charge < -0.3 is 31.5 Å². The van der Waals surface area contributed by atoms with E-state index in [1.165, 1.54) is 26.0 Å². The molecule has 13 nitrogen and oxygen atoms in total. The molecule has 0 spiro atoms. The van der Waals surface area contributed by atoms with E-state index in [0.29, 0.717) is 5.56 Å². The second-order valence-electron chi connectivity index (χ2n) is 8.76.